The molecule has 0 N–H and O–H groups in total. The minimum absolute atomic E-state index is 0. The molecule has 1 radical (unpaired) electrons. The standard InChI is InChI=1S/FO2S.Rh/c1-4(2)3;/q-1;. The topological polar surface area (TPSA) is 34.1 Å². The molecule has 0 saturated heterocycles. The first-order chi connectivity index (χ1) is 1.73. The first-order valence-corrected chi connectivity index (χ1v) is 1.46. The second-order valence-corrected chi connectivity index (χ2v) is 0.582. The third kappa shape index (κ3) is 111. The number of hydrogen-bond acceptors (Lipinski definition) is 3. The van der Waals surface area contributed by atoms with Gasteiger partial charge in [0.05, 0.1) is 11.1 Å². The summed E-state index contributed by atoms with van der Waals surface area (Å²) in [6, 6.07) is 0. The van der Waals surface area contributed by atoms with Crippen LogP contribution in [0.4, 0.5) is 3.89 Å². The second kappa shape index (κ2) is 4.50. The van der Waals surface area contributed by atoms with E-state index < -0.39 is 11.1 Å². The van der Waals surface area contributed by atoms with E-state index in [0.717, 1.165) is 0 Å². The zero-order valence-corrected chi connectivity index (χ0v) is 4.39. The summed E-state index contributed by atoms with van der Waals surface area (Å²) < 4.78 is 26.6. The number of halogens is 1. The van der Waals surface area contributed by atoms with Gasteiger partial charge in [-0.25, -0.2) is 0 Å². The van der Waals surface area contributed by atoms with E-state index in [0.29, 0.717) is 0 Å². The molecule has 0 unspecified atom stereocenters. The SMILES string of the molecule is O=[S-](=O)F.[Rh]. The van der Waals surface area contributed by atoms with Crippen LogP contribution in [-0.4, -0.2) is 0 Å². The molecule has 0 bridgehead atoms. The van der Waals surface area contributed by atoms with Gasteiger partial charge < -0.3 is 12.3 Å². The molecule has 0 fully saturated rings. The maximum absolute atomic E-state index is 9.92. The molecular formula is FO2RhS-. The van der Waals surface area contributed by atoms with Crippen molar-refractivity contribution in [3.05, 3.63) is 0 Å². The molecule has 0 aromatic rings. The molecule has 0 aliphatic heterocycles. The van der Waals surface area contributed by atoms with Crippen LogP contribution < -0.4 is 0 Å². The van der Waals surface area contributed by atoms with Crippen LogP contribution in [0.2, 0.25) is 0 Å². The minimum Gasteiger partial charge on any atom is -0.392 e. The van der Waals surface area contributed by atoms with E-state index in [1.54, 1.807) is 0 Å². The molecule has 2 nitrogen and oxygen atoms in total. The van der Waals surface area contributed by atoms with Crippen molar-refractivity contribution in [2.45, 2.75) is 0 Å². The third-order valence-electron chi connectivity index (χ3n) is 0. The van der Waals surface area contributed by atoms with Crippen molar-refractivity contribution < 1.29 is 31.8 Å². The Morgan fingerprint density at radius 2 is 1.40 bits per heavy atom. The van der Waals surface area contributed by atoms with E-state index in [9.17, 15) is 3.89 Å². The van der Waals surface area contributed by atoms with E-state index >= 15 is 0 Å². The van der Waals surface area contributed by atoms with Crippen LogP contribution in [0.3, 0.4) is 0 Å². The largest absolute Gasteiger partial charge is 0.392 e. The van der Waals surface area contributed by atoms with Gasteiger partial charge in [-0.3, -0.25) is 0 Å². The number of hydrogen-bond donors (Lipinski definition) is 0. The van der Waals surface area contributed by atoms with Gasteiger partial charge in [-0.15, -0.1) is 0 Å². The molecule has 0 heterocycles. The second-order valence-electron chi connectivity index (χ2n) is 0.194. The molecule has 5 heavy (non-hydrogen) atoms. The van der Waals surface area contributed by atoms with E-state index in [1.807, 2.05) is 0 Å². The Hall–Kier alpha value is 0.503. The van der Waals surface area contributed by atoms with Crippen molar-refractivity contribution in [2.75, 3.05) is 0 Å². The van der Waals surface area contributed by atoms with Gasteiger partial charge >= 0.3 is 0 Å². The first-order valence-electron chi connectivity index (χ1n) is 0.488. The molecule has 0 spiro atoms. The summed E-state index contributed by atoms with van der Waals surface area (Å²) in [7, 11) is 0. The maximum Gasteiger partial charge on any atom is 0.0872 e. The van der Waals surface area contributed by atoms with Crippen molar-refractivity contribution in [2.24, 2.45) is 0 Å². The summed E-state index contributed by atoms with van der Waals surface area (Å²) in [5.41, 5.74) is 0. The van der Waals surface area contributed by atoms with Crippen LogP contribution in [0.25, 0.3) is 0 Å². The molecule has 0 aliphatic rings. The summed E-state index contributed by atoms with van der Waals surface area (Å²) in [4.78, 5) is 0. The first kappa shape index (κ1) is 9.09. The van der Waals surface area contributed by atoms with Gasteiger partial charge in [-0.05, 0) is 0 Å². The van der Waals surface area contributed by atoms with Crippen molar-refractivity contribution in [1.82, 2.24) is 0 Å². The van der Waals surface area contributed by atoms with Crippen LogP contribution in [0.5, 0.6) is 0 Å². The van der Waals surface area contributed by atoms with Gasteiger partial charge in [0.25, 0.3) is 0 Å². The fourth-order valence-electron chi connectivity index (χ4n) is 0. The Bertz CT molecular complexity index is 58.0. The third-order valence-corrected chi connectivity index (χ3v) is 0. The molecule has 0 saturated carbocycles. The molecule has 5 heteroatoms. The Morgan fingerprint density at radius 3 is 1.40 bits per heavy atom. The minimum atomic E-state index is -3.36. The summed E-state index contributed by atoms with van der Waals surface area (Å²) in [6.07, 6.45) is 0. The smallest absolute Gasteiger partial charge is 0.0872 e. The zero-order chi connectivity index (χ0) is 3.58. The molecule has 0 rings (SSSR count). The van der Waals surface area contributed by atoms with Gasteiger partial charge in [0.1, 0.15) is 0 Å². The van der Waals surface area contributed by atoms with Gasteiger partial charge in [0, 0.05) is 19.5 Å². The monoisotopic (exact) mass is 186 g/mol. The quantitative estimate of drug-likeness (QED) is 0.307. The van der Waals surface area contributed by atoms with Gasteiger partial charge in [-0.1, -0.05) is 0 Å². The van der Waals surface area contributed by atoms with Crippen LogP contribution in [0.1, 0.15) is 0 Å². The maximum atomic E-state index is 9.92. The molecule has 0 atom stereocenters. The van der Waals surface area contributed by atoms with Gasteiger partial charge in [-0.2, -0.15) is 0 Å². The predicted octanol–water partition coefficient (Wildman–Crippen LogP) is 0.178. The number of rotatable bonds is 0. The van der Waals surface area contributed by atoms with E-state index in [4.69, 9.17) is 8.42 Å². The zero-order valence-electron chi connectivity index (χ0n) is 1.94. The van der Waals surface area contributed by atoms with Crippen molar-refractivity contribution >= 4 is 11.1 Å². The molecule has 35 valence electrons. The summed E-state index contributed by atoms with van der Waals surface area (Å²) in [5, 5.41) is 0. The van der Waals surface area contributed by atoms with E-state index in [-0.39, 0.29) is 19.5 Å². The summed E-state index contributed by atoms with van der Waals surface area (Å²) >= 11 is -3.36. The summed E-state index contributed by atoms with van der Waals surface area (Å²) in [5.74, 6) is 0. The van der Waals surface area contributed by atoms with Crippen molar-refractivity contribution in [3.8, 4) is 0 Å². The molecule has 0 aliphatic carbocycles. The Morgan fingerprint density at radius 1 is 1.40 bits per heavy atom. The van der Waals surface area contributed by atoms with E-state index in [1.165, 1.54) is 0 Å². The molecule has 0 amide bonds. The average molecular weight is 186 g/mol. The van der Waals surface area contributed by atoms with Crippen LogP contribution in [0.15, 0.2) is 0 Å². The van der Waals surface area contributed by atoms with Crippen LogP contribution in [-0.2, 0) is 39.0 Å². The fourth-order valence-corrected chi connectivity index (χ4v) is 0. The Labute approximate surface area is 43.4 Å². The van der Waals surface area contributed by atoms with Crippen molar-refractivity contribution in [3.63, 3.8) is 0 Å². The van der Waals surface area contributed by atoms with Crippen LogP contribution >= 0.6 is 0 Å². The Balaban J connectivity index is 0. The van der Waals surface area contributed by atoms with Crippen molar-refractivity contribution in [1.29, 1.82) is 0 Å². The normalized spacial score (nSPS) is 6.80. The average Bonchev–Trinajstić information content (AvgIpc) is 0.811. The van der Waals surface area contributed by atoms with E-state index in [2.05, 4.69) is 0 Å². The van der Waals surface area contributed by atoms with Gasteiger partial charge in [0.15, 0.2) is 0 Å². The van der Waals surface area contributed by atoms with Crippen LogP contribution in [0, 0.1) is 0 Å². The molecule has 0 aromatic carbocycles. The Kier molecular flexibility index (Phi) is 8.19. The molecule has 0 aromatic heterocycles. The predicted molar refractivity (Wildman–Crippen MR) is 9.85 cm³/mol. The fraction of sp³-hybridized carbons (Fsp3) is 0. The summed E-state index contributed by atoms with van der Waals surface area (Å²) in [6.45, 7) is 0. The molecular weight excluding hydrogens is 186 g/mol. The van der Waals surface area contributed by atoms with Gasteiger partial charge in [0.2, 0.25) is 0 Å².